The number of anilines is 1. The maximum Gasteiger partial charge on any atom is 0.256 e. The lowest BCUT2D eigenvalue weighted by Gasteiger charge is -2.03. The van der Waals surface area contributed by atoms with Gasteiger partial charge in [-0.2, -0.15) is 0 Å². The summed E-state index contributed by atoms with van der Waals surface area (Å²) in [5, 5.41) is 6.29. The predicted octanol–water partition coefficient (Wildman–Crippen LogP) is 3.27. The molecule has 0 bridgehead atoms. The van der Waals surface area contributed by atoms with Crippen LogP contribution in [0, 0.1) is 0 Å². The highest BCUT2D eigenvalue weighted by Crippen LogP contribution is 2.10. The first-order valence-corrected chi connectivity index (χ1v) is 6.10. The molecule has 0 unspecified atom stereocenters. The van der Waals surface area contributed by atoms with Crippen LogP contribution in [0.25, 0.3) is 0 Å². The molecule has 0 saturated heterocycles. The summed E-state index contributed by atoms with van der Waals surface area (Å²) in [4.78, 5) is 11.8. The summed E-state index contributed by atoms with van der Waals surface area (Å²) >= 11 is 0. The van der Waals surface area contributed by atoms with Gasteiger partial charge in [-0.3, -0.25) is 4.79 Å². The molecule has 0 spiro atoms. The maximum absolute atomic E-state index is 11.8. The van der Waals surface area contributed by atoms with Crippen molar-refractivity contribution in [3.63, 3.8) is 0 Å². The normalized spacial score (nSPS) is 10.3. The van der Waals surface area contributed by atoms with Crippen molar-refractivity contribution in [2.45, 2.75) is 26.2 Å². The van der Waals surface area contributed by atoms with E-state index in [9.17, 15) is 4.79 Å². The smallest absolute Gasteiger partial charge is 0.256 e. The molecule has 0 atom stereocenters. The monoisotopic (exact) mass is 244 g/mol. The number of aryl methyl sites for hydroxylation is 1. The van der Waals surface area contributed by atoms with Gasteiger partial charge in [-0.25, -0.2) is 0 Å². The van der Waals surface area contributed by atoms with Crippen molar-refractivity contribution in [3.8, 4) is 0 Å². The number of carbonyl (C=O) groups is 1. The van der Waals surface area contributed by atoms with Crippen molar-refractivity contribution in [3.05, 3.63) is 47.7 Å². The highest BCUT2D eigenvalue weighted by molar-refractivity contribution is 6.03. The van der Waals surface area contributed by atoms with Crippen LogP contribution in [0.1, 0.15) is 35.7 Å². The topological polar surface area (TPSA) is 55.1 Å². The lowest BCUT2D eigenvalue weighted by molar-refractivity contribution is 0.102. The van der Waals surface area contributed by atoms with Crippen LogP contribution in [0.3, 0.4) is 0 Å². The average Bonchev–Trinajstić information content (AvgIpc) is 2.89. The van der Waals surface area contributed by atoms with Crippen molar-refractivity contribution in [2.24, 2.45) is 0 Å². The number of hydrogen-bond acceptors (Lipinski definition) is 3. The Morgan fingerprint density at radius 2 is 2.06 bits per heavy atom. The third-order valence-corrected chi connectivity index (χ3v) is 2.71. The summed E-state index contributed by atoms with van der Waals surface area (Å²) in [6.45, 7) is 2.17. The number of benzene rings is 1. The molecular formula is C14H16N2O2. The van der Waals surface area contributed by atoms with E-state index in [1.807, 2.05) is 24.3 Å². The van der Waals surface area contributed by atoms with Crippen molar-refractivity contribution < 1.29 is 9.32 Å². The van der Waals surface area contributed by atoms with Gasteiger partial charge in [-0.1, -0.05) is 30.6 Å². The highest BCUT2D eigenvalue weighted by atomic mass is 16.5. The number of aromatic nitrogens is 1. The molecule has 0 saturated carbocycles. The first-order chi connectivity index (χ1) is 8.79. The van der Waals surface area contributed by atoms with E-state index in [4.69, 9.17) is 0 Å². The van der Waals surface area contributed by atoms with E-state index in [1.54, 1.807) is 6.07 Å². The Labute approximate surface area is 106 Å². The predicted molar refractivity (Wildman–Crippen MR) is 69.5 cm³/mol. The van der Waals surface area contributed by atoms with Crippen molar-refractivity contribution in [1.82, 2.24) is 5.16 Å². The Kier molecular flexibility index (Phi) is 4.12. The van der Waals surface area contributed by atoms with Crippen molar-refractivity contribution in [1.29, 1.82) is 0 Å². The fraction of sp³-hybridized carbons (Fsp3) is 0.286. The second-order valence-corrected chi connectivity index (χ2v) is 4.14. The number of rotatable bonds is 5. The van der Waals surface area contributed by atoms with E-state index in [1.165, 1.54) is 24.7 Å². The summed E-state index contributed by atoms with van der Waals surface area (Å²) in [7, 11) is 0. The largest absolute Gasteiger partial charge is 0.363 e. The van der Waals surface area contributed by atoms with Crippen LogP contribution in [0.4, 0.5) is 5.82 Å². The van der Waals surface area contributed by atoms with Gasteiger partial charge < -0.3 is 9.84 Å². The highest BCUT2D eigenvalue weighted by Gasteiger charge is 2.07. The first kappa shape index (κ1) is 12.4. The van der Waals surface area contributed by atoms with Gasteiger partial charge in [0.2, 0.25) is 0 Å². The van der Waals surface area contributed by atoms with Crippen LogP contribution in [-0.4, -0.2) is 11.1 Å². The number of hydrogen-bond donors (Lipinski definition) is 1. The molecule has 0 aliphatic rings. The molecule has 0 aliphatic carbocycles. The van der Waals surface area contributed by atoms with E-state index in [0.717, 1.165) is 6.42 Å². The van der Waals surface area contributed by atoms with Gasteiger partial charge in [0.25, 0.3) is 5.91 Å². The zero-order valence-corrected chi connectivity index (χ0v) is 10.3. The van der Waals surface area contributed by atoms with Gasteiger partial charge in [0.15, 0.2) is 5.82 Å². The molecule has 94 valence electrons. The number of amides is 1. The van der Waals surface area contributed by atoms with Crippen LogP contribution in [0.15, 0.2) is 41.1 Å². The SMILES string of the molecule is CCCCc1ccc(C(=O)Nc2ccon2)cc1. The molecular weight excluding hydrogens is 228 g/mol. The first-order valence-electron chi connectivity index (χ1n) is 6.10. The summed E-state index contributed by atoms with van der Waals surface area (Å²) in [6.07, 6.45) is 4.82. The zero-order chi connectivity index (χ0) is 12.8. The maximum atomic E-state index is 11.8. The molecule has 4 nitrogen and oxygen atoms in total. The summed E-state index contributed by atoms with van der Waals surface area (Å²) < 4.78 is 4.65. The van der Waals surface area contributed by atoms with Crippen molar-refractivity contribution >= 4 is 11.7 Å². The molecule has 1 heterocycles. The van der Waals surface area contributed by atoms with Crippen molar-refractivity contribution in [2.75, 3.05) is 5.32 Å². The minimum atomic E-state index is -0.175. The lowest BCUT2D eigenvalue weighted by Crippen LogP contribution is -2.11. The molecule has 2 aromatic rings. The minimum absolute atomic E-state index is 0.175. The van der Waals surface area contributed by atoms with E-state index >= 15 is 0 Å². The Hall–Kier alpha value is -2.10. The van der Waals surface area contributed by atoms with E-state index in [2.05, 4.69) is 21.9 Å². The quantitative estimate of drug-likeness (QED) is 0.878. The number of nitrogens with one attached hydrogen (secondary N) is 1. The van der Waals surface area contributed by atoms with E-state index < -0.39 is 0 Å². The van der Waals surface area contributed by atoms with Crippen LogP contribution in [0.5, 0.6) is 0 Å². The molecule has 0 fully saturated rings. The van der Waals surface area contributed by atoms with Gasteiger partial charge in [0.05, 0.1) is 0 Å². The Morgan fingerprint density at radius 1 is 1.28 bits per heavy atom. The van der Waals surface area contributed by atoms with Crippen LogP contribution >= 0.6 is 0 Å². The minimum Gasteiger partial charge on any atom is -0.363 e. The van der Waals surface area contributed by atoms with Gasteiger partial charge in [0.1, 0.15) is 6.26 Å². The summed E-state index contributed by atoms with van der Waals surface area (Å²) in [5.41, 5.74) is 1.88. The second kappa shape index (κ2) is 6.00. The standard InChI is InChI=1S/C14H16N2O2/c1-2-3-4-11-5-7-12(8-6-11)14(17)15-13-9-10-18-16-13/h5-10H,2-4H2,1H3,(H,15,16,17). The van der Waals surface area contributed by atoms with E-state index in [0.29, 0.717) is 11.4 Å². The molecule has 18 heavy (non-hydrogen) atoms. The molecule has 1 aromatic carbocycles. The molecule has 2 rings (SSSR count). The number of unbranched alkanes of at least 4 members (excludes halogenated alkanes) is 1. The van der Waals surface area contributed by atoms with Crippen LogP contribution in [0.2, 0.25) is 0 Å². The molecule has 4 heteroatoms. The summed E-state index contributed by atoms with van der Waals surface area (Å²) in [5.74, 6) is 0.251. The Bertz CT molecular complexity index is 489. The van der Waals surface area contributed by atoms with Gasteiger partial charge in [-0.05, 0) is 30.5 Å². The fourth-order valence-corrected chi connectivity index (χ4v) is 1.67. The zero-order valence-electron chi connectivity index (χ0n) is 10.3. The number of nitrogens with zero attached hydrogens (tertiary/aromatic N) is 1. The molecule has 0 radical (unpaired) electrons. The Balaban J connectivity index is 1.98. The average molecular weight is 244 g/mol. The molecule has 1 aromatic heterocycles. The lowest BCUT2D eigenvalue weighted by atomic mass is 10.1. The third-order valence-electron chi connectivity index (χ3n) is 2.71. The molecule has 1 N–H and O–H groups in total. The van der Waals surface area contributed by atoms with E-state index in [-0.39, 0.29) is 5.91 Å². The van der Waals surface area contributed by atoms with Gasteiger partial charge >= 0.3 is 0 Å². The Morgan fingerprint density at radius 3 is 2.67 bits per heavy atom. The molecule has 1 amide bonds. The fourth-order valence-electron chi connectivity index (χ4n) is 1.67. The third kappa shape index (κ3) is 3.20. The van der Waals surface area contributed by atoms with Gasteiger partial charge in [0, 0.05) is 11.6 Å². The van der Waals surface area contributed by atoms with Gasteiger partial charge in [-0.15, -0.1) is 0 Å². The number of carbonyl (C=O) groups excluding carboxylic acids is 1. The second-order valence-electron chi connectivity index (χ2n) is 4.14. The van der Waals surface area contributed by atoms with Crippen LogP contribution in [-0.2, 0) is 6.42 Å². The van der Waals surface area contributed by atoms with Crippen LogP contribution < -0.4 is 5.32 Å². The summed E-state index contributed by atoms with van der Waals surface area (Å²) in [6, 6.07) is 9.26. The molecule has 0 aliphatic heterocycles.